The first-order valence-corrected chi connectivity index (χ1v) is 8.84. The molecule has 1 saturated heterocycles. The predicted molar refractivity (Wildman–Crippen MR) is 97.4 cm³/mol. The molecule has 2 aromatic heterocycles. The first kappa shape index (κ1) is 17.6. The Hall–Kier alpha value is -2.21. The SMILES string of the molecule is C[C@@H](c1cccnc1)N1CCN(C(=O)c2cnn(C(C)(C)C)c2)CC1. The number of aromatic nitrogens is 3. The number of rotatable bonds is 3. The van der Waals surface area contributed by atoms with Crippen molar-refractivity contribution in [2.45, 2.75) is 39.3 Å². The maximum absolute atomic E-state index is 12.7. The topological polar surface area (TPSA) is 54.3 Å². The number of pyridine rings is 1. The number of carbonyl (C=O) groups excluding carboxylic acids is 1. The maximum Gasteiger partial charge on any atom is 0.257 e. The van der Waals surface area contributed by atoms with Gasteiger partial charge < -0.3 is 4.90 Å². The third kappa shape index (κ3) is 3.90. The molecule has 1 aliphatic heterocycles. The highest BCUT2D eigenvalue weighted by Crippen LogP contribution is 2.21. The van der Waals surface area contributed by atoms with Crippen molar-refractivity contribution in [2.24, 2.45) is 0 Å². The second-order valence-corrected chi connectivity index (χ2v) is 7.63. The Morgan fingerprint density at radius 3 is 2.44 bits per heavy atom. The van der Waals surface area contributed by atoms with Crippen LogP contribution in [-0.2, 0) is 5.54 Å². The van der Waals surface area contributed by atoms with Crippen LogP contribution < -0.4 is 0 Å². The van der Waals surface area contributed by atoms with Crippen molar-refractivity contribution in [1.29, 1.82) is 0 Å². The molecule has 6 heteroatoms. The normalized spacial score (nSPS) is 17.5. The van der Waals surface area contributed by atoms with E-state index in [4.69, 9.17) is 0 Å². The summed E-state index contributed by atoms with van der Waals surface area (Å²) in [6.07, 6.45) is 7.25. The largest absolute Gasteiger partial charge is 0.336 e. The summed E-state index contributed by atoms with van der Waals surface area (Å²) in [6, 6.07) is 4.39. The smallest absolute Gasteiger partial charge is 0.257 e. The van der Waals surface area contributed by atoms with E-state index in [2.05, 4.69) is 48.7 Å². The van der Waals surface area contributed by atoms with Crippen LogP contribution in [0.2, 0.25) is 0 Å². The van der Waals surface area contributed by atoms with Gasteiger partial charge in [-0.25, -0.2) is 0 Å². The van der Waals surface area contributed by atoms with Crippen LogP contribution in [0.15, 0.2) is 36.9 Å². The van der Waals surface area contributed by atoms with Gasteiger partial charge in [-0.05, 0) is 39.3 Å². The van der Waals surface area contributed by atoms with E-state index in [-0.39, 0.29) is 11.4 Å². The molecule has 1 aliphatic rings. The molecule has 0 aliphatic carbocycles. The van der Waals surface area contributed by atoms with Gasteiger partial charge in [0, 0.05) is 50.8 Å². The second kappa shape index (κ2) is 6.96. The van der Waals surface area contributed by atoms with Gasteiger partial charge in [0.1, 0.15) is 0 Å². The Labute approximate surface area is 149 Å². The van der Waals surface area contributed by atoms with Gasteiger partial charge in [0.15, 0.2) is 0 Å². The van der Waals surface area contributed by atoms with Crippen LogP contribution in [0.1, 0.15) is 49.7 Å². The monoisotopic (exact) mass is 341 g/mol. The molecule has 1 atom stereocenters. The number of piperazine rings is 1. The van der Waals surface area contributed by atoms with Gasteiger partial charge >= 0.3 is 0 Å². The van der Waals surface area contributed by atoms with E-state index in [1.54, 1.807) is 12.4 Å². The van der Waals surface area contributed by atoms with Gasteiger partial charge in [0.05, 0.1) is 17.3 Å². The zero-order valence-corrected chi connectivity index (χ0v) is 15.5. The highest BCUT2D eigenvalue weighted by molar-refractivity contribution is 5.93. The van der Waals surface area contributed by atoms with Crippen molar-refractivity contribution >= 4 is 5.91 Å². The van der Waals surface area contributed by atoms with Gasteiger partial charge in [-0.1, -0.05) is 6.07 Å². The Kier molecular flexibility index (Phi) is 4.90. The fourth-order valence-corrected chi connectivity index (χ4v) is 3.13. The molecule has 0 N–H and O–H groups in total. The molecule has 0 aromatic carbocycles. The summed E-state index contributed by atoms with van der Waals surface area (Å²) in [7, 11) is 0. The number of carbonyl (C=O) groups is 1. The average Bonchev–Trinajstić information content (AvgIpc) is 3.12. The summed E-state index contributed by atoms with van der Waals surface area (Å²) in [6.45, 7) is 11.6. The highest BCUT2D eigenvalue weighted by Gasteiger charge is 2.26. The van der Waals surface area contributed by atoms with E-state index in [0.717, 1.165) is 26.2 Å². The Morgan fingerprint density at radius 1 is 1.16 bits per heavy atom. The minimum absolute atomic E-state index is 0.0733. The van der Waals surface area contributed by atoms with Crippen molar-refractivity contribution in [1.82, 2.24) is 24.6 Å². The fourth-order valence-electron chi connectivity index (χ4n) is 3.13. The fraction of sp³-hybridized carbons (Fsp3) is 0.526. The van der Waals surface area contributed by atoms with Gasteiger partial charge in [-0.2, -0.15) is 5.10 Å². The van der Waals surface area contributed by atoms with E-state index in [1.165, 1.54) is 5.56 Å². The van der Waals surface area contributed by atoms with Crippen molar-refractivity contribution in [3.05, 3.63) is 48.0 Å². The maximum atomic E-state index is 12.7. The third-order valence-corrected chi connectivity index (χ3v) is 4.83. The molecule has 1 amide bonds. The van der Waals surface area contributed by atoms with E-state index in [0.29, 0.717) is 11.6 Å². The van der Waals surface area contributed by atoms with Crippen molar-refractivity contribution in [3.8, 4) is 0 Å². The second-order valence-electron chi connectivity index (χ2n) is 7.63. The van der Waals surface area contributed by atoms with E-state index < -0.39 is 0 Å². The molecule has 25 heavy (non-hydrogen) atoms. The van der Waals surface area contributed by atoms with Crippen molar-refractivity contribution in [3.63, 3.8) is 0 Å². The molecule has 134 valence electrons. The molecule has 3 rings (SSSR count). The van der Waals surface area contributed by atoms with Gasteiger partial charge in [0.25, 0.3) is 5.91 Å². The van der Waals surface area contributed by atoms with E-state index in [9.17, 15) is 4.79 Å². The number of nitrogens with zero attached hydrogens (tertiary/aromatic N) is 5. The van der Waals surface area contributed by atoms with Crippen LogP contribution in [0, 0.1) is 0 Å². The van der Waals surface area contributed by atoms with Crippen molar-refractivity contribution < 1.29 is 4.79 Å². The Morgan fingerprint density at radius 2 is 1.88 bits per heavy atom. The van der Waals surface area contributed by atoms with Crippen LogP contribution in [0.25, 0.3) is 0 Å². The standard InChI is InChI=1S/C19H27N5O/c1-15(16-6-5-7-20-12-16)22-8-10-23(11-9-22)18(25)17-13-21-24(14-17)19(2,3)4/h5-7,12-15H,8-11H2,1-4H3/t15-/m0/s1. The van der Waals surface area contributed by atoms with Crippen LogP contribution in [0.5, 0.6) is 0 Å². The van der Waals surface area contributed by atoms with E-state index >= 15 is 0 Å². The highest BCUT2D eigenvalue weighted by atomic mass is 16.2. The predicted octanol–water partition coefficient (Wildman–Crippen LogP) is 2.55. The summed E-state index contributed by atoms with van der Waals surface area (Å²) in [4.78, 5) is 21.3. The van der Waals surface area contributed by atoms with Crippen LogP contribution >= 0.6 is 0 Å². The minimum Gasteiger partial charge on any atom is -0.336 e. The summed E-state index contributed by atoms with van der Waals surface area (Å²) < 4.78 is 1.85. The van der Waals surface area contributed by atoms with Crippen molar-refractivity contribution in [2.75, 3.05) is 26.2 Å². The molecule has 0 saturated carbocycles. The zero-order chi connectivity index (χ0) is 18.0. The lowest BCUT2D eigenvalue weighted by Gasteiger charge is -2.38. The van der Waals surface area contributed by atoms with Crippen LogP contribution in [0.3, 0.4) is 0 Å². The average molecular weight is 341 g/mol. The van der Waals surface area contributed by atoms with Gasteiger partial charge in [-0.15, -0.1) is 0 Å². The minimum atomic E-state index is -0.115. The summed E-state index contributed by atoms with van der Waals surface area (Å²) in [5, 5.41) is 4.34. The van der Waals surface area contributed by atoms with Gasteiger partial charge in [0.2, 0.25) is 0 Å². The molecule has 2 aromatic rings. The summed E-state index contributed by atoms with van der Waals surface area (Å²) >= 11 is 0. The molecular weight excluding hydrogens is 314 g/mol. The summed E-state index contributed by atoms with van der Waals surface area (Å²) in [5.74, 6) is 0.0733. The van der Waals surface area contributed by atoms with Crippen LogP contribution in [-0.4, -0.2) is 56.7 Å². The molecule has 0 unspecified atom stereocenters. The number of hydrogen-bond acceptors (Lipinski definition) is 4. The molecule has 0 radical (unpaired) electrons. The molecular formula is C19H27N5O. The first-order valence-electron chi connectivity index (χ1n) is 8.84. The number of hydrogen-bond donors (Lipinski definition) is 0. The molecule has 3 heterocycles. The Bertz CT molecular complexity index is 711. The lowest BCUT2D eigenvalue weighted by Crippen LogP contribution is -2.49. The molecule has 1 fully saturated rings. The molecule has 0 spiro atoms. The lowest BCUT2D eigenvalue weighted by molar-refractivity contribution is 0.0581. The lowest BCUT2D eigenvalue weighted by atomic mass is 10.1. The quantitative estimate of drug-likeness (QED) is 0.861. The Balaban J connectivity index is 1.60. The summed E-state index contributed by atoms with van der Waals surface area (Å²) in [5.41, 5.74) is 1.77. The third-order valence-electron chi connectivity index (χ3n) is 4.83. The molecule has 6 nitrogen and oxygen atoms in total. The van der Waals surface area contributed by atoms with Crippen LogP contribution in [0.4, 0.5) is 0 Å². The zero-order valence-electron chi connectivity index (χ0n) is 15.5. The first-order chi connectivity index (χ1) is 11.9. The van der Waals surface area contributed by atoms with E-state index in [1.807, 2.05) is 28.0 Å². The number of amides is 1. The molecule has 0 bridgehead atoms. The van der Waals surface area contributed by atoms with Gasteiger partial charge in [-0.3, -0.25) is 19.4 Å².